The van der Waals surface area contributed by atoms with E-state index < -0.39 is 23.9 Å². The van der Waals surface area contributed by atoms with Crippen LogP contribution in [0.25, 0.3) is 6.08 Å². The van der Waals surface area contributed by atoms with Crippen molar-refractivity contribution in [2.45, 2.75) is 13.0 Å². The molecular weight excluding hydrogens is 460 g/mol. The molecule has 9 heteroatoms. The van der Waals surface area contributed by atoms with Gasteiger partial charge < -0.3 is 14.6 Å². The zero-order valence-electron chi connectivity index (χ0n) is 15.0. The molecule has 0 saturated carbocycles. The van der Waals surface area contributed by atoms with Crippen LogP contribution < -0.4 is 20.1 Å². The van der Waals surface area contributed by atoms with Gasteiger partial charge in [-0.25, -0.2) is 0 Å². The number of nitrogens with one attached hydrogen (secondary N) is 1. The maximum Gasteiger partial charge on any atom is 0.270 e. The summed E-state index contributed by atoms with van der Waals surface area (Å²) in [5.41, 5.74) is 0.981. The topological polar surface area (TPSA) is 98.8 Å². The molecule has 0 aromatic heterocycles. The monoisotopic (exact) mass is 473 g/mol. The van der Waals surface area contributed by atoms with E-state index in [4.69, 9.17) is 17.0 Å². The molecule has 1 N–H and O–H groups in total. The summed E-state index contributed by atoms with van der Waals surface area (Å²) in [6, 6.07) is 13.2. The van der Waals surface area contributed by atoms with Gasteiger partial charge in [0, 0.05) is 4.47 Å². The van der Waals surface area contributed by atoms with E-state index in [-0.39, 0.29) is 10.7 Å². The predicted molar refractivity (Wildman–Crippen MR) is 112 cm³/mol. The fourth-order valence-electron chi connectivity index (χ4n) is 2.57. The number of amides is 2. The van der Waals surface area contributed by atoms with Crippen molar-refractivity contribution < 1.29 is 24.2 Å². The first-order valence-corrected chi connectivity index (χ1v) is 9.61. The molecule has 1 heterocycles. The zero-order chi connectivity index (χ0) is 21.1. The fraction of sp³-hybridized carbons (Fsp3) is 0.100. The number of carboxylic acid groups (broad SMARTS) is 1. The molecule has 2 aromatic carbocycles. The van der Waals surface area contributed by atoms with Crippen LogP contribution in [0.4, 0.5) is 5.69 Å². The number of nitrogens with zero attached hydrogens (tertiary/aromatic N) is 1. The summed E-state index contributed by atoms with van der Waals surface area (Å²) in [7, 11) is 0. The van der Waals surface area contributed by atoms with E-state index in [1.165, 1.54) is 30.0 Å². The van der Waals surface area contributed by atoms with E-state index in [1.807, 2.05) is 0 Å². The first-order valence-electron chi connectivity index (χ1n) is 8.41. The highest BCUT2D eigenvalue weighted by molar-refractivity contribution is 9.10. The predicted octanol–water partition coefficient (Wildman–Crippen LogP) is 1.80. The van der Waals surface area contributed by atoms with Crippen LogP contribution in [0.3, 0.4) is 0 Å². The standard InChI is InChI=1S/C20H15BrN2O5S/c1-11(19(26)27)28-15-7-5-12(6-8-15)9-16-17(24)22-20(29)23(18(16)25)14-4-2-3-13(21)10-14/h2-11H,1H3,(H,26,27)(H,22,24,29)/p-1/b16-9-/t11-/m1/s1. The number of halogens is 1. The molecule has 1 fully saturated rings. The number of carbonyl (C=O) groups excluding carboxylic acids is 3. The number of hydrogen-bond donors (Lipinski definition) is 1. The number of thiocarbonyl (C=S) groups is 1. The Bertz CT molecular complexity index is 1040. The number of carbonyl (C=O) groups is 3. The fourth-order valence-corrected chi connectivity index (χ4v) is 3.24. The first kappa shape index (κ1) is 20.7. The molecule has 3 rings (SSSR count). The highest BCUT2D eigenvalue weighted by Crippen LogP contribution is 2.25. The molecule has 7 nitrogen and oxygen atoms in total. The van der Waals surface area contributed by atoms with Crippen molar-refractivity contribution in [1.29, 1.82) is 0 Å². The molecule has 29 heavy (non-hydrogen) atoms. The van der Waals surface area contributed by atoms with Crippen molar-refractivity contribution in [3.63, 3.8) is 0 Å². The van der Waals surface area contributed by atoms with Crippen LogP contribution in [0.5, 0.6) is 5.75 Å². The SMILES string of the molecule is C[C@@H](Oc1ccc(/C=C2/C(=O)NC(=S)N(c3cccc(Br)c3)C2=O)cc1)C(=O)[O-]. The Kier molecular flexibility index (Phi) is 6.09. The maximum atomic E-state index is 12.9. The normalized spacial score (nSPS) is 16.6. The Hall–Kier alpha value is -3.04. The molecule has 148 valence electrons. The molecule has 2 aromatic rings. The zero-order valence-corrected chi connectivity index (χ0v) is 17.5. The summed E-state index contributed by atoms with van der Waals surface area (Å²) in [6.07, 6.45) is 0.320. The lowest BCUT2D eigenvalue weighted by Gasteiger charge is -2.29. The van der Waals surface area contributed by atoms with Crippen LogP contribution >= 0.6 is 28.1 Å². The number of anilines is 1. The third-order valence-corrected chi connectivity index (χ3v) is 4.78. The van der Waals surface area contributed by atoms with Crippen molar-refractivity contribution >= 4 is 62.8 Å². The number of rotatable bonds is 5. The summed E-state index contributed by atoms with van der Waals surface area (Å²) >= 11 is 8.51. The smallest absolute Gasteiger partial charge is 0.270 e. The molecule has 1 saturated heterocycles. The van der Waals surface area contributed by atoms with Gasteiger partial charge in [-0.05, 0) is 61.1 Å². The number of ether oxygens (including phenoxy) is 1. The van der Waals surface area contributed by atoms with Gasteiger partial charge in [0.05, 0.1) is 11.7 Å². The van der Waals surface area contributed by atoms with Crippen LogP contribution in [-0.4, -0.2) is 29.0 Å². The van der Waals surface area contributed by atoms with Gasteiger partial charge in [-0.1, -0.05) is 34.1 Å². The van der Waals surface area contributed by atoms with E-state index in [2.05, 4.69) is 21.2 Å². The highest BCUT2D eigenvalue weighted by Gasteiger charge is 2.34. The summed E-state index contributed by atoms with van der Waals surface area (Å²) in [5, 5.41) is 13.3. The molecule has 0 unspecified atom stereocenters. The number of hydrogen-bond acceptors (Lipinski definition) is 6. The van der Waals surface area contributed by atoms with E-state index >= 15 is 0 Å². The summed E-state index contributed by atoms with van der Waals surface area (Å²) in [6.45, 7) is 1.36. The second-order valence-electron chi connectivity index (χ2n) is 6.09. The Morgan fingerprint density at radius 3 is 2.55 bits per heavy atom. The van der Waals surface area contributed by atoms with Crippen LogP contribution in [-0.2, 0) is 14.4 Å². The Morgan fingerprint density at radius 1 is 1.24 bits per heavy atom. The second-order valence-corrected chi connectivity index (χ2v) is 7.39. The quantitative estimate of drug-likeness (QED) is 0.403. The Morgan fingerprint density at radius 2 is 1.93 bits per heavy atom. The lowest BCUT2D eigenvalue weighted by molar-refractivity contribution is -0.312. The molecule has 1 atom stereocenters. The third kappa shape index (κ3) is 4.69. The summed E-state index contributed by atoms with van der Waals surface area (Å²) in [4.78, 5) is 37.3. The minimum absolute atomic E-state index is 0.00438. The lowest BCUT2D eigenvalue weighted by Crippen LogP contribution is -2.54. The molecular formula is C20H14BrN2O5S-. The number of carboxylic acids is 1. The second kappa shape index (κ2) is 8.54. The van der Waals surface area contributed by atoms with Crippen LogP contribution in [0, 0.1) is 0 Å². The summed E-state index contributed by atoms with van der Waals surface area (Å²) < 4.78 is 5.96. The molecule has 0 aliphatic carbocycles. The maximum absolute atomic E-state index is 12.9. The van der Waals surface area contributed by atoms with E-state index in [0.29, 0.717) is 17.0 Å². The molecule has 1 aliphatic rings. The number of benzene rings is 2. The average molecular weight is 474 g/mol. The van der Waals surface area contributed by atoms with Crippen molar-refractivity contribution in [1.82, 2.24) is 5.32 Å². The molecule has 0 spiro atoms. The number of aliphatic carboxylic acids is 1. The molecule has 1 aliphatic heterocycles. The van der Waals surface area contributed by atoms with E-state index in [1.54, 1.807) is 36.4 Å². The van der Waals surface area contributed by atoms with Gasteiger partial charge in [-0.2, -0.15) is 0 Å². The van der Waals surface area contributed by atoms with Crippen molar-refractivity contribution in [3.8, 4) is 5.75 Å². The van der Waals surface area contributed by atoms with Gasteiger partial charge in [0.25, 0.3) is 11.8 Å². The Labute approximate surface area is 180 Å². The average Bonchev–Trinajstić information content (AvgIpc) is 2.66. The van der Waals surface area contributed by atoms with Crippen molar-refractivity contribution in [2.75, 3.05) is 4.90 Å². The van der Waals surface area contributed by atoms with Gasteiger partial charge in [0.15, 0.2) is 5.11 Å². The van der Waals surface area contributed by atoms with Gasteiger partial charge in [0.1, 0.15) is 17.4 Å². The lowest BCUT2D eigenvalue weighted by atomic mass is 10.1. The largest absolute Gasteiger partial charge is 0.546 e. The van der Waals surface area contributed by atoms with Crippen LogP contribution in [0.2, 0.25) is 0 Å². The molecule has 0 radical (unpaired) electrons. The van der Waals surface area contributed by atoms with Gasteiger partial charge in [-0.15, -0.1) is 0 Å². The summed E-state index contributed by atoms with van der Waals surface area (Å²) in [5.74, 6) is -2.16. The minimum Gasteiger partial charge on any atom is -0.546 e. The van der Waals surface area contributed by atoms with Crippen molar-refractivity contribution in [3.05, 3.63) is 64.1 Å². The van der Waals surface area contributed by atoms with E-state index in [0.717, 1.165) is 4.47 Å². The first-order chi connectivity index (χ1) is 13.8. The van der Waals surface area contributed by atoms with Crippen LogP contribution in [0.15, 0.2) is 58.6 Å². The van der Waals surface area contributed by atoms with E-state index in [9.17, 15) is 19.5 Å². The van der Waals surface area contributed by atoms with Crippen molar-refractivity contribution in [2.24, 2.45) is 0 Å². The van der Waals surface area contributed by atoms with Gasteiger partial charge in [-0.3, -0.25) is 19.8 Å². The molecule has 0 bridgehead atoms. The van der Waals surface area contributed by atoms with Gasteiger partial charge in [0.2, 0.25) is 0 Å². The molecule has 2 amide bonds. The minimum atomic E-state index is -1.33. The third-order valence-electron chi connectivity index (χ3n) is 4.00. The Balaban J connectivity index is 1.87. The van der Waals surface area contributed by atoms with Crippen LogP contribution in [0.1, 0.15) is 12.5 Å². The van der Waals surface area contributed by atoms with Gasteiger partial charge >= 0.3 is 0 Å². The highest BCUT2D eigenvalue weighted by atomic mass is 79.9.